The van der Waals surface area contributed by atoms with E-state index in [9.17, 15) is 13.2 Å². The van der Waals surface area contributed by atoms with Crippen molar-refractivity contribution < 1.29 is 76.6 Å². The van der Waals surface area contributed by atoms with Gasteiger partial charge >= 0.3 is 15.6 Å². The summed E-state index contributed by atoms with van der Waals surface area (Å²) in [7, 11) is -3.84. The van der Waals surface area contributed by atoms with Gasteiger partial charge in [0, 0.05) is 84.8 Å². The van der Waals surface area contributed by atoms with Crippen LogP contribution in [0.1, 0.15) is 95.9 Å². The van der Waals surface area contributed by atoms with Gasteiger partial charge in [-0.15, -0.1) is 107 Å². The molecule has 4 aliphatic rings. The van der Waals surface area contributed by atoms with Gasteiger partial charge in [0.15, 0.2) is 0 Å². The zero-order valence-corrected chi connectivity index (χ0v) is 51.7. The van der Waals surface area contributed by atoms with Crippen LogP contribution in [0.25, 0.3) is 45.0 Å². The maximum atomic E-state index is 10.7. The molecular weight excluding hydrogens is 1390 g/mol. The molecule has 4 aromatic carbocycles. The van der Waals surface area contributed by atoms with E-state index >= 15 is 0 Å². The van der Waals surface area contributed by atoms with Gasteiger partial charge in [-0.3, -0.25) is 9.54 Å². The fourth-order valence-corrected chi connectivity index (χ4v) is 10.6. The first-order valence-corrected chi connectivity index (χ1v) is 27.6. The number of rotatable bonds is 4. The number of nitrogens with zero attached hydrogens (tertiary/aromatic N) is 4. The number of hydrogen-bond donors (Lipinski definition) is 3. The van der Waals surface area contributed by atoms with Crippen LogP contribution in [0.3, 0.4) is 0 Å². The Morgan fingerprint density at radius 2 is 0.900 bits per heavy atom. The van der Waals surface area contributed by atoms with Crippen molar-refractivity contribution in [3.8, 4) is 45.0 Å². The number of benzene rings is 4. The first kappa shape index (κ1) is 66.9. The molecule has 8 aromatic rings. The molecule has 2 spiro atoms. The Bertz CT molecular complexity index is 2930. The number of aryl methyl sites for hydroxylation is 4. The van der Waals surface area contributed by atoms with Crippen LogP contribution in [-0.2, 0) is 76.0 Å². The summed E-state index contributed by atoms with van der Waals surface area (Å²) in [6.07, 6.45) is 24.0. The molecule has 80 heavy (non-hydrogen) atoms. The van der Waals surface area contributed by atoms with E-state index in [2.05, 4.69) is 131 Å². The van der Waals surface area contributed by atoms with Gasteiger partial charge in [-0.25, -0.2) is 0 Å². The molecule has 12 rings (SSSR count). The molecule has 0 atom stereocenters. The molecule has 4 aromatic heterocycles. The summed E-state index contributed by atoms with van der Waals surface area (Å²) in [4.78, 5) is 18.0. The predicted octanol–water partition coefficient (Wildman–Crippen LogP) is 14.6. The van der Waals surface area contributed by atoms with Crippen molar-refractivity contribution in [1.82, 2.24) is 19.9 Å². The van der Waals surface area contributed by atoms with Crippen LogP contribution in [0.15, 0.2) is 152 Å². The van der Waals surface area contributed by atoms with E-state index in [4.69, 9.17) is 23.2 Å². The van der Waals surface area contributed by atoms with E-state index in [1.807, 2.05) is 87.2 Å². The number of aliphatic hydroxyl groups excluding tert-OH is 2. The largest absolute Gasteiger partial charge is 0.522 e. The monoisotopic (exact) mass is 1460 g/mol. The van der Waals surface area contributed by atoms with Crippen LogP contribution in [0, 0.1) is 56.7 Å². The molecule has 2 radical (unpaired) electrons. The summed E-state index contributed by atoms with van der Waals surface area (Å²) in [5.41, 5.74) is 15.4. The second kappa shape index (κ2) is 31.6. The average molecular weight is 1460 g/mol. The van der Waals surface area contributed by atoms with Crippen molar-refractivity contribution in [3.05, 3.63) is 215 Å². The quantitative estimate of drug-likeness (QED) is 0.0890. The van der Waals surface area contributed by atoms with Crippen molar-refractivity contribution in [1.29, 1.82) is 0 Å². The maximum Gasteiger partial charge on any atom is 0.522 e. The summed E-state index contributed by atoms with van der Waals surface area (Å²) in [5.74, 6) is 0. The Hall–Kier alpha value is -5.60. The van der Waals surface area contributed by atoms with Crippen LogP contribution in [0.4, 0.5) is 13.2 Å². The molecule has 0 amide bonds. The van der Waals surface area contributed by atoms with Gasteiger partial charge in [0.2, 0.25) is 0 Å². The fourth-order valence-electron chi connectivity index (χ4n) is 10.6. The van der Waals surface area contributed by atoms with Gasteiger partial charge in [-0.05, 0) is 133 Å². The zero-order valence-electron chi connectivity index (χ0n) is 46.1. The van der Waals surface area contributed by atoms with Gasteiger partial charge in [0.1, 0.15) is 0 Å². The third-order valence-electron chi connectivity index (χ3n) is 14.5. The van der Waals surface area contributed by atoms with Crippen LogP contribution in [-0.4, -0.2) is 62.8 Å². The minimum atomic E-state index is -5.84. The van der Waals surface area contributed by atoms with Crippen LogP contribution in [0.2, 0.25) is 0 Å². The summed E-state index contributed by atoms with van der Waals surface area (Å²) in [6.45, 7) is 8.19. The number of aromatic nitrogens is 4. The van der Waals surface area contributed by atoms with Crippen molar-refractivity contribution in [3.63, 3.8) is 0 Å². The Balaban J connectivity index is 0.000000216. The van der Waals surface area contributed by atoms with E-state index in [0.29, 0.717) is 10.8 Å². The number of aliphatic hydroxyl groups is 2. The fraction of sp³-hybridized carbons (Fsp3) is 0.323. The van der Waals surface area contributed by atoms with Gasteiger partial charge < -0.3 is 25.2 Å². The molecule has 0 unspecified atom stereocenters. The van der Waals surface area contributed by atoms with Gasteiger partial charge in [0.25, 0.3) is 0 Å². The molecular formula is C65H70F3Ir2N4O5S-3. The first-order chi connectivity index (χ1) is 37.5. The molecule has 2 saturated carbocycles. The second-order valence-electron chi connectivity index (χ2n) is 20.3. The molecule has 15 heteroatoms. The molecule has 0 saturated heterocycles. The van der Waals surface area contributed by atoms with Crippen molar-refractivity contribution in [2.45, 2.75) is 110 Å². The summed E-state index contributed by atoms with van der Waals surface area (Å²) < 4.78 is 57.5. The van der Waals surface area contributed by atoms with Crippen LogP contribution in [0.5, 0.6) is 0 Å². The van der Waals surface area contributed by atoms with E-state index in [0.717, 1.165) is 42.3 Å². The van der Waals surface area contributed by atoms with E-state index < -0.39 is 15.6 Å². The molecule has 3 N–H and O–H groups in total. The molecule has 4 heterocycles. The molecule has 4 aliphatic carbocycles. The number of hydrogen-bond acceptors (Lipinski definition) is 8. The summed E-state index contributed by atoms with van der Waals surface area (Å²) in [5, 5.41) is 14.0. The molecule has 0 bridgehead atoms. The van der Waals surface area contributed by atoms with E-state index in [-0.39, 0.29) is 40.2 Å². The third kappa shape index (κ3) is 18.5. The SMILES string of the molecule is CO.CO.Cc1c[c-]c(-c2ccc(C)cn2)cc1.Cc1c[c-]c(-c2ccc(C)cn2)cc1.O=S(=O)(O)C(F)(F)F.[Ir].[Ir].[c-]1ccccc1-c1nccc2c1CC1(CCCC1)C2.c1ccc(-c2nccc3c2CC2(CCCC2)C3)cc1. The van der Waals surface area contributed by atoms with Crippen molar-refractivity contribution in [2.75, 3.05) is 14.2 Å². The van der Waals surface area contributed by atoms with Crippen LogP contribution >= 0.6 is 0 Å². The zero-order chi connectivity index (χ0) is 56.4. The molecule has 9 nitrogen and oxygen atoms in total. The average Bonchev–Trinajstić information content (AvgIpc) is 4.48. The van der Waals surface area contributed by atoms with Crippen molar-refractivity contribution >= 4 is 10.1 Å². The maximum absolute atomic E-state index is 10.7. The van der Waals surface area contributed by atoms with E-state index in [1.165, 1.54) is 133 Å². The Morgan fingerprint density at radius 3 is 1.27 bits per heavy atom. The number of fused-ring (bicyclic) bond motifs is 2. The smallest absolute Gasteiger partial charge is 0.400 e. The Labute approximate surface area is 498 Å². The van der Waals surface area contributed by atoms with Crippen molar-refractivity contribution in [2.24, 2.45) is 10.8 Å². The third-order valence-corrected chi connectivity index (χ3v) is 15.1. The number of pyridine rings is 4. The van der Waals surface area contributed by atoms with Crippen LogP contribution < -0.4 is 0 Å². The normalized spacial score (nSPS) is 14.5. The van der Waals surface area contributed by atoms with Gasteiger partial charge in [-0.2, -0.15) is 21.6 Å². The molecule has 0 aliphatic heterocycles. The first-order valence-electron chi connectivity index (χ1n) is 26.2. The van der Waals surface area contributed by atoms with Gasteiger partial charge in [0.05, 0.1) is 5.69 Å². The Morgan fingerprint density at radius 1 is 0.487 bits per heavy atom. The van der Waals surface area contributed by atoms with E-state index in [1.54, 1.807) is 5.56 Å². The number of alkyl halides is 3. The predicted molar refractivity (Wildman–Crippen MR) is 305 cm³/mol. The summed E-state index contributed by atoms with van der Waals surface area (Å²) >= 11 is 0. The topological polar surface area (TPSA) is 146 Å². The minimum Gasteiger partial charge on any atom is -0.400 e. The minimum absolute atomic E-state index is 0. The second-order valence-corrected chi connectivity index (χ2v) is 21.7. The standard InChI is InChI=1S/C18H19N.C18H18N.2C13H12N.CHF3O3S.2CH4O.2Ir/c2*1-2-6-14(7-3-1)17-16-13-18(9-4-5-10-18)12-15(16)8-11-19-17;2*1-10-3-6-12(7-4-10)13-8-5-11(2)9-14-13;2-1(3,4)8(5,6)7;2*1-2;;/h1-3,6-8,11H,4-5,9-10,12-13H2;1-3,6,8,11H,4-5,9-10,12-13H2;2*3-6,8-9H,1-2H3;(H,5,6,7);2*2H,1H3;;/q;3*-1;;;;;. The molecule has 2 fully saturated rings. The number of halogens is 3. The summed E-state index contributed by atoms with van der Waals surface area (Å²) in [6, 6.07) is 53.5. The Kier molecular flexibility index (Phi) is 26.4. The molecule has 428 valence electrons. The van der Waals surface area contributed by atoms with Gasteiger partial charge in [-0.1, -0.05) is 99.7 Å².